The smallest absolute Gasteiger partial charge is 0.267 e. The molecule has 0 radical (unpaired) electrons. The summed E-state index contributed by atoms with van der Waals surface area (Å²) in [6.45, 7) is 6.40. The summed E-state index contributed by atoms with van der Waals surface area (Å²) in [5.74, 6) is 0. The lowest BCUT2D eigenvalue weighted by Gasteiger charge is -2.06. The zero-order chi connectivity index (χ0) is 15.6. The standard InChI is InChI=1S/C12H19N5O2S2/c1-8-7-20-12(14-8)16-21(18,19)11-9(2)15-17(10(11)3)6-4-5-13/h7H,4-6,13H2,1-3H3,(H,14,16). The molecule has 7 nitrogen and oxygen atoms in total. The zero-order valence-electron chi connectivity index (χ0n) is 12.3. The first kappa shape index (κ1) is 15.9. The number of hydrogen-bond acceptors (Lipinski definition) is 6. The number of nitrogens with zero attached hydrogens (tertiary/aromatic N) is 3. The van der Waals surface area contributed by atoms with Gasteiger partial charge in [-0.15, -0.1) is 11.3 Å². The third-order valence-corrected chi connectivity index (χ3v) is 5.59. The Bertz CT molecular complexity index is 733. The van der Waals surface area contributed by atoms with Crippen LogP contribution in [-0.2, 0) is 16.6 Å². The van der Waals surface area contributed by atoms with Crippen LogP contribution >= 0.6 is 11.3 Å². The number of anilines is 1. The summed E-state index contributed by atoms with van der Waals surface area (Å²) >= 11 is 1.26. The highest BCUT2D eigenvalue weighted by atomic mass is 32.2. The van der Waals surface area contributed by atoms with Gasteiger partial charge in [0.1, 0.15) is 4.90 Å². The summed E-state index contributed by atoms with van der Waals surface area (Å²) in [5, 5.41) is 6.44. The minimum Gasteiger partial charge on any atom is -0.330 e. The minimum absolute atomic E-state index is 0.215. The number of thiazole rings is 1. The Morgan fingerprint density at radius 3 is 2.67 bits per heavy atom. The van der Waals surface area contributed by atoms with Crippen LogP contribution in [0.5, 0.6) is 0 Å². The zero-order valence-corrected chi connectivity index (χ0v) is 13.9. The summed E-state index contributed by atoms with van der Waals surface area (Å²) in [6.07, 6.45) is 0.751. The lowest BCUT2D eigenvalue weighted by Crippen LogP contribution is -2.15. The van der Waals surface area contributed by atoms with Gasteiger partial charge >= 0.3 is 0 Å². The molecule has 0 saturated carbocycles. The SMILES string of the molecule is Cc1csc(NS(=O)(=O)c2c(C)nn(CCCN)c2C)n1. The summed E-state index contributed by atoms with van der Waals surface area (Å²) < 4.78 is 29.2. The predicted molar refractivity (Wildman–Crippen MR) is 83.0 cm³/mol. The van der Waals surface area contributed by atoms with E-state index in [9.17, 15) is 8.42 Å². The fraction of sp³-hybridized carbons (Fsp3) is 0.500. The highest BCUT2D eigenvalue weighted by Gasteiger charge is 2.25. The predicted octanol–water partition coefficient (Wildman–Crippen LogP) is 1.41. The minimum atomic E-state index is -3.68. The van der Waals surface area contributed by atoms with Crippen molar-refractivity contribution < 1.29 is 8.42 Å². The summed E-state index contributed by atoms with van der Waals surface area (Å²) in [4.78, 5) is 4.34. The fourth-order valence-corrected chi connectivity index (χ4v) is 4.45. The van der Waals surface area contributed by atoms with Gasteiger partial charge in [0.15, 0.2) is 5.13 Å². The maximum Gasteiger partial charge on any atom is 0.267 e. The topological polar surface area (TPSA) is 103 Å². The van der Waals surface area contributed by atoms with Gasteiger partial charge in [-0.1, -0.05) is 0 Å². The molecule has 2 aromatic heterocycles. The van der Waals surface area contributed by atoms with E-state index < -0.39 is 10.0 Å². The molecule has 2 rings (SSSR count). The molecule has 0 aliphatic carbocycles. The molecule has 0 spiro atoms. The molecule has 0 unspecified atom stereocenters. The van der Waals surface area contributed by atoms with Crippen molar-refractivity contribution >= 4 is 26.5 Å². The first-order valence-corrected chi connectivity index (χ1v) is 8.90. The van der Waals surface area contributed by atoms with Gasteiger partial charge in [0.05, 0.1) is 17.1 Å². The number of nitrogens with two attached hydrogens (primary N) is 1. The van der Waals surface area contributed by atoms with Crippen LogP contribution in [0.25, 0.3) is 0 Å². The van der Waals surface area contributed by atoms with Crippen molar-refractivity contribution in [2.75, 3.05) is 11.3 Å². The van der Waals surface area contributed by atoms with Gasteiger partial charge in [-0.25, -0.2) is 13.4 Å². The van der Waals surface area contributed by atoms with Crippen LogP contribution in [0.4, 0.5) is 5.13 Å². The van der Waals surface area contributed by atoms with Crippen LogP contribution in [0, 0.1) is 20.8 Å². The maximum atomic E-state index is 12.5. The third kappa shape index (κ3) is 3.42. The van der Waals surface area contributed by atoms with Crippen LogP contribution in [0.2, 0.25) is 0 Å². The second kappa shape index (κ2) is 6.12. The number of rotatable bonds is 6. The van der Waals surface area contributed by atoms with Gasteiger partial charge in [0, 0.05) is 11.9 Å². The molecule has 2 heterocycles. The molecular formula is C12H19N5O2S2. The summed E-state index contributed by atoms with van der Waals surface area (Å²) in [7, 11) is -3.68. The second-order valence-electron chi connectivity index (χ2n) is 4.76. The Balaban J connectivity index is 2.33. The van der Waals surface area contributed by atoms with Gasteiger partial charge in [-0.05, 0) is 33.7 Å². The van der Waals surface area contributed by atoms with E-state index in [1.807, 2.05) is 6.92 Å². The molecule has 9 heteroatoms. The van der Waals surface area contributed by atoms with E-state index in [0.29, 0.717) is 29.6 Å². The molecule has 21 heavy (non-hydrogen) atoms. The van der Waals surface area contributed by atoms with Crippen molar-refractivity contribution in [3.8, 4) is 0 Å². The lowest BCUT2D eigenvalue weighted by atomic mass is 10.4. The average molecular weight is 329 g/mol. The molecule has 0 bridgehead atoms. The van der Waals surface area contributed by atoms with E-state index in [1.54, 1.807) is 23.9 Å². The number of sulfonamides is 1. The molecule has 0 amide bonds. The molecule has 0 aromatic carbocycles. The van der Waals surface area contributed by atoms with Crippen molar-refractivity contribution in [3.63, 3.8) is 0 Å². The molecule has 0 aliphatic rings. The highest BCUT2D eigenvalue weighted by molar-refractivity contribution is 7.93. The Morgan fingerprint density at radius 1 is 1.38 bits per heavy atom. The Hall–Kier alpha value is -1.45. The lowest BCUT2D eigenvalue weighted by molar-refractivity contribution is 0.565. The Labute approximate surface area is 128 Å². The van der Waals surface area contributed by atoms with Crippen molar-refractivity contribution in [1.29, 1.82) is 0 Å². The van der Waals surface area contributed by atoms with Crippen molar-refractivity contribution in [3.05, 3.63) is 22.5 Å². The van der Waals surface area contributed by atoms with E-state index in [2.05, 4.69) is 14.8 Å². The molecule has 116 valence electrons. The normalized spacial score (nSPS) is 11.8. The van der Waals surface area contributed by atoms with Gasteiger partial charge in [0.2, 0.25) is 0 Å². The molecule has 0 saturated heterocycles. The Morgan fingerprint density at radius 2 is 2.10 bits per heavy atom. The largest absolute Gasteiger partial charge is 0.330 e. The van der Waals surface area contributed by atoms with E-state index in [4.69, 9.17) is 5.73 Å². The molecule has 0 atom stereocenters. The highest BCUT2D eigenvalue weighted by Crippen LogP contribution is 2.24. The van der Waals surface area contributed by atoms with E-state index >= 15 is 0 Å². The van der Waals surface area contributed by atoms with E-state index in [-0.39, 0.29) is 4.90 Å². The van der Waals surface area contributed by atoms with Crippen molar-refractivity contribution in [2.24, 2.45) is 5.73 Å². The monoisotopic (exact) mass is 329 g/mol. The van der Waals surface area contributed by atoms with Gasteiger partial charge in [0.25, 0.3) is 10.0 Å². The van der Waals surface area contributed by atoms with Crippen LogP contribution in [0.15, 0.2) is 10.3 Å². The molecule has 2 aromatic rings. The van der Waals surface area contributed by atoms with Crippen LogP contribution in [0.1, 0.15) is 23.5 Å². The van der Waals surface area contributed by atoms with Gasteiger partial charge in [-0.2, -0.15) is 5.10 Å². The first-order chi connectivity index (χ1) is 9.85. The second-order valence-corrected chi connectivity index (χ2v) is 7.24. The molecular weight excluding hydrogens is 310 g/mol. The molecule has 3 N–H and O–H groups in total. The fourth-order valence-electron chi connectivity index (χ4n) is 2.09. The number of hydrogen-bond donors (Lipinski definition) is 2. The summed E-state index contributed by atoms with van der Waals surface area (Å²) in [5.41, 5.74) is 7.36. The van der Waals surface area contributed by atoms with Gasteiger partial charge < -0.3 is 5.73 Å². The molecule has 0 fully saturated rings. The number of nitrogens with one attached hydrogen (secondary N) is 1. The maximum absolute atomic E-state index is 12.5. The van der Waals surface area contributed by atoms with E-state index in [1.165, 1.54) is 11.3 Å². The van der Waals surface area contributed by atoms with E-state index in [0.717, 1.165) is 12.1 Å². The van der Waals surface area contributed by atoms with Crippen LogP contribution < -0.4 is 10.5 Å². The summed E-state index contributed by atoms with van der Waals surface area (Å²) in [6, 6.07) is 0. The van der Waals surface area contributed by atoms with Crippen LogP contribution in [-0.4, -0.2) is 29.7 Å². The quantitative estimate of drug-likeness (QED) is 0.834. The average Bonchev–Trinajstić information content (AvgIpc) is 2.90. The van der Waals surface area contributed by atoms with Crippen LogP contribution in [0.3, 0.4) is 0 Å². The van der Waals surface area contributed by atoms with Crippen molar-refractivity contribution in [2.45, 2.75) is 38.6 Å². The first-order valence-electron chi connectivity index (χ1n) is 6.54. The third-order valence-electron chi connectivity index (χ3n) is 3.00. The van der Waals surface area contributed by atoms with Crippen molar-refractivity contribution in [1.82, 2.24) is 14.8 Å². The number of aryl methyl sites for hydroxylation is 3. The Kier molecular flexibility index (Phi) is 4.64. The number of aromatic nitrogens is 3. The van der Waals surface area contributed by atoms with Gasteiger partial charge in [-0.3, -0.25) is 9.40 Å². The molecule has 0 aliphatic heterocycles.